The SMILES string of the molecule is CC(CN)CC(=O)N1CC(C)OC(C)C1. The summed E-state index contributed by atoms with van der Waals surface area (Å²) in [6, 6.07) is 0. The number of amides is 1. The first kappa shape index (κ1) is 12.5. The zero-order valence-electron chi connectivity index (χ0n) is 9.90. The normalized spacial score (nSPS) is 28.9. The van der Waals surface area contributed by atoms with E-state index in [0.717, 1.165) is 0 Å². The van der Waals surface area contributed by atoms with Crippen molar-refractivity contribution in [3.8, 4) is 0 Å². The van der Waals surface area contributed by atoms with E-state index in [1.165, 1.54) is 0 Å². The zero-order chi connectivity index (χ0) is 11.4. The predicted molar refractivity (Wildman–Crippen MR) is 59.4 cm³/mol. The van der Waals surface area contributed by atoms with Gasteiger partial charge in [-0.1, -0.05) is 6.92 Å². The fourth-order valence-corrected chi connectivity index (χ4v) is 1.89. The molecule has 88 valence electrons. The molecule has 1 heterocycles. The molecule has 3 atom stereocenters. The summed E-state index contributed by atoms with van der Waals surface area (Å²) in [6.45, 7) is 8.00. The average Bonchev–Trinajstić information content (AvgIpc) is 2.16. The van der Waals surface area contributed by atoms with Gasteiger partial charge in [-0.05, 0) is 26.3 Å². The second-order valence-corrected chi connectivity index (χ2v) is 4.60. The van der Waals surface area contributed by atoms with Gasteiger partial charge in [-0.25, -0.2) is 0 Å². The summed E-state index contributed by atoms with van der Waals surface area (Å²) in [5.74, 6) is 0.473. The summed E-state index contributed by atoms with van der Waals surface area (Å²) in [7, 11) is 0. The lowest BCUT2D eigenvalue weighted by Crippen LogP contribution is -2.48. The molecular weight excluding hydrogens is 192 g/mol. The third kappa shape index (κ3) is 3.80. The Hall–Kier alpha value is -0.610. The molecule has 0 aromatic heterocycles. The first-order chi connectivity index (χ1) is 7.02. The largest absolute Gasteiger partial charge is 0.372 e. The van der Waals surface area contributed by atoms with Crippen molar-refractivity contribution in [2.45, 2.75) is 39.4 Å². The molecule has 1 aliphatic heterocycles. The number of morpholine rings is 1. The highest BCUT2D eigenvalue weighted by atomic mass is 16.5. The van der Waals surface area contributed by atoms with Gasteiger partial charge in [-0.2, -0.15) is 0 Å². The van der Waals surface area contributed by atoms with E-state index in [1.807, 2.05) is 25.7 Å². The Morgan fingerprint density at radius 1 is 1.47 bits per heavy atom. The van der Waals surface area contributed by atoms with Crippen LogP contribution in [0.5, 0.6) is 0 Å². The van der Waals surface area contributed by atoms with Crippen LogP contribution >= 0.6 is 0 Å². The second kappa shape index (κ2) is 5.47. The van der Waals surface area contributed by atoms with Crippen molar-refractivity contribution in [1.29, 1.82) is 0 Å². The van der Waals surface area contributed by atoms with Gasteiger partial charge in [0.2, 0.25) is 5.91 Å². The minimum atomic E-state index is 0.144. The molecule has 0 aromatic carbocycles. The lowest BCUT2D eigenvalue weighted by Gasteiger charge is -2.35. The maximum atomic E-state index is 11.9. The van der Waals surface area contributed by atoms with Gasteiger partial charge in [0.05, 0.1) is 12.2 Å². The number of hydrogen-bond donors (Lipinski definition) is 1. The summed E-state index contributed by atoms with van der Waals surface area (Å²) >= 11 is 0. The fourth-order valence-electron chi connectivity index (χ4n) is 1.89. The highest BCUT2D eigenvalue weighted by molar-refractivity contribution is 5.76. The van der Waals surface area contributed by atoms with Crippen LogP contribution in [0.3, 0.4) is 0 Å². The van der Waals surface area contributed by atoms with Gasteiger partial charge < -0.3 is 15.4 Å². The van der Waals surface area contributed by atoms with Gasteiger partial charge in [0.25, 0.3) is 0 Å². The van der Waals surface area contributed by atoms with Gasteiger partial charge in [-0.3, -0.25) is 4.79 Å². The molecule has 0 saturated carbocycles. The highest BCUT2D eigenvalue weighted by Crippen LogP contribution is 2.13. The zero-order valence-corrected chi connectivity index (χ0v) is 9.90. The van der Waals surface area contributed by atoms with Crippen molar-refractivity contribution in [3.63, 3.8) is 0 Å². The van der Waals surface area contributed by atoms with Crippen LogP contribution < -0.4 is 5.73 Å². The molecule has 0 aromatic rings. The summed E-state index contributed by atoms with van der Waals surface area (Å²) in [4.78, 5) is 13.8. The lowest BCUT2D eigenvalue weighted by atomic mass is 10.1. The standard InChI is InChI=1S/C11H22N2O2/c1-8(5-12)4-11(14)13-6-9(2)15-10(3)7-13/h8-10H,4-7,12H2,1-3H3. The molecule has 0 aliphatic carbocycles. The van der Waals surface area contributed by atoms with Crippen LogP contribution in [-0.2, 0) is 9.53 Å². The number of carbonyl (C=O) groups is 1. The maximum absolute atomic E-state index is 11.9. The van der Waals surface area contributed by atoms with Gasteiger partial charge >= 0.3 is 0 Å². The topological polar surface area (TPSA) is 55.6 Å². The van der Waals surface area contributed by atoms with E-state index in [9.17, 15) is 4.79 Å². The molecule has 2 N–H and O–H groups in total. The molecule has 4 heteroatoms. The monoisotopic (exact) mass is 214 g/mol. The van der Waals surface area contributed by atoms with Crippen LogP contribution in [0.1, 0.15) is 27.2 Å². The van der Waals surface area contributed by atoms with E-state index < -0.39 is 0 Å². The van der Waals surface area contributed by atoms with Crippen LogP contribution in [-0.4, -0.2) is 42.6 Å². The summed E-state index contributed by atoms with van der Waals surface area (Å²) in [5.41, 5.74) is 5.51. The van der Waals surface area contributed by atoms with E-state index in [1.54, 1.807) is 0 Å². The van der Waals surface area contributed by atoms with Crippen molar-refractivity contribution >= 4 is 5.91 Å². The molecule has 1 amide bonds. The first-order valence-corrected chi connectivity index (χ1v) is 5.66. The molecule has 3 unspecified atom stereocenters. The molecule has 0 spiro atoms. The Morgan fingerprint density at radius 2 is 2.00 bits per heavy atom. The van der Waals surface area contributed by atoms with Crippen molar-refractivity contribution < 1.29 is 9.53 Å². The van der Waals surface area contributed by atoms with Gasteiger partial charge in [0.1, 0.15) is 0 Å². The van der Waals surface area contributed by atoms with Crippen LogP contribution in [0, 0.1) is 5.92 Å². The Balaban J connectivity index is 2.44. The van der Waals surface area contributed by atoms with Crippen LogP contribution in [0.25, 0.3) is 0 Å². The Bertz CT molecular complexity index is 211. The number of carbonyl (C=O) groups excluding carboxylic acids is 1. The molecule has 1 aliphatic rings. The van der Waals surface area contributed by atoms with Crippen molar-refractivity contribution in [1.82, 2.24) is 4.90 Å². The van der Waals surface area contributed by atoms with E-state index in [-0.39, 0.29) is 24.0 Å². The molecule has 1 rings (SSSR count). The Kier molecular flexibility index (Phi) is 4.54. The minimum absolute atomic E-state index is 0.144. The van der Waals surface area contributed by atoms with Crippen LogP contribution in [0.2, 0.25) is 0 Å². The highest BCUT2D eigenvalue weighted by Gasteiger charge is 2.26. The third-order valence-corrected chi connectivity index (χ3v) is 2.70. The molecule has 4 nitrogen and oxygen atoms in total. The van der Waals surface area contributed by atoms with E-state index >= 15 is 0 Å². The van der Waals surface area contributed by atoms with E-state index in [2.05, 4.69) is 0 Å². The van der Waals surface area contributed by atoms with Crippen molar-refractivity contribution in [2.75, 3.05) is 19.6 Å². The molecule has 1 fully saturated rings. The number of ether oxygens (including phenoxy) is 1. The molecule has 0 bridgehead atoms. The number of nitrogens with two attached hydrogens (primary N) is 1. The summed E-state index contributed by atoms with van der Waals surface area (Å²) in [6.07, 6.45) is 0.840. The van der Waals surface area contributed by atoms with Gasteiger partial charge in [-0.15, -0.1) is 0 Å². The molecular formula is C11H22N2O2. The minimum Gasteiger partial charge on any atom is -0.372 e. The quantitative estimate of drug-likeness (QED) is 0.749. The Morgan fingerprint density at radius 3 is 2.47 bits per heavy atom. The smallest absolute Gasteiger partial charge is 0.223 e. The Labute approximate surface area is 91.8 Å². The molecule has 0 radical (unpaired) electrons. The summed E-state index contributed by atoms with van der Waals surface area (Å²) in [5, 5.41) is 0. The fraction of sp³-hybridized carbons (Fsp3) is 0.909. The van der Waals surface area contributed by atoms with E-state index in [4.69, 9.17) is 10.5 Å². The number of rotatable bonds is 3. The van der Waals surface area contributed by atoms with Gasteiger partial charge in [0, 0.05) is 19.5 Å². The number of nitrogens with zero attached hydrogens (tertiary/aromatic N) is 1. The third-order valence-electron chi connectivity index (χ3n) is 2.70. The molecule has 1 saturated heterocycles. The predicted octanol–water partition coefficient (Wildman–Crippen LogP) is 0.607. The maximum Gasteiger partial charge on any atom is 0.223 e. The van der Waals surface area contributed by atoms with Gasteiger partial charge in [0.15, 0.2) is 0 Å². The van der Waals surface area contributed by atoms with Crippen molar-refractivity contribution in [3.05, 3.63) is 0 Å². The second-order valence-electron chi connectivity index (χ2n) is 4.60. The molecule has 15 heavy (non-hydrogen) atoms. The first-order valence-electron chi connectivity index (χ1n) is 5.66. The number of hydrogen-bond acceptors (Lipinski definition) is 3. The van der Waals surface area contributed by atoms with Crippen LogP contribution in [0.4, 0.5) is 0 Å². The summed E-state index contributed by atoms with van der Waals surface area (Å²) < 4.78 is 5.58. The average molecular weight is 214 g/mol. The van der Waals surface area contributed by atoms with E-state index in [0.29, 0.717) is 26.1 Å². The van der Waals surface area contributed by atoms with Crippen LogP contribution in [0.15, 0.2) is 0 Å². The lowest BCUT2D eigenvalue weighted by molar-refractivity contribution is -0.144. The van der Waals surface area contributed by atoms with Crippen molar-refractivity contribution in [2.24, 2.45) is 11.7 Å².